The van der Waals surface area contributed by atoms with Crippen LogP contribution in [0.1, 0.15) is 5.56 Å². The number of nitriles is 1. The van der Waals surface area contributed by atoms with E-state index in [-0.39, 0.29) is 10.6 Å². The summed E-state index contributed by atoms with van der Waals surface area (Å²) in [6.45, 7) is 0. The average Bonchev–Trinajstić information content (AvgIpc) is 2.27. The molecule has 17 heavy (non-hydrogen) atoms. The molecule has 1 aromatic carbocycles. The number of benzene rings is 1. The van der Waals surface area contributed by atoms with Gasteiger partial charge in [0.2, 0.25) is 0 Å². The number of alkyl halides is 2. The molecule has 0 aliphatic rings. The molecule has 0 aliphatic heterocycles. The Morgan fingerprint density at radius 3 is 2.76 bits per heavy atom. The van der Waals surface area contributed by atoms with Crippen molar-refractivity contribution in [3.05, 3.63) is 28.8 Å². The number of nitrogens with two attached hydrogens (primary N) is 1. The number of hydrogen-bond acceptors (Lipinski definition) is 4. The monoisotopic (exact) mass is 261 g/mol. The van der Waals surface area contributed by atoms with Crippen LogP contribution in [0, 0.1) is 11.3 Å². The molecule has 0 heterocycles. The van der Waals surface area contributed by atoms with Crippen LogP contribution >= 0.6 is 11.6 Å². The topological polar surface area (TPSA) is 88.1 Å². The number of ether oxygens (including phenoxy) is 1. The maximum Gasteiger partial charge on any atom is 0.483 e. The van der Waals surface area contributed by atoms with E-state index in [4.69, 9.17) is 16.9 Å². The van der Waals surface area contributed by atoms with Gasteiger partial charge in [0.25, 0.3) is 0 Å². The Kier molecular flexibility index (Phi) is 3.83. The third kappa shape index (κ3) is 3.03. The number of halogens is 3. The molecule has 3 N–H and O–H groups in total. The van der Waals surface area contributed by atoms with Crippen LogP contribution in [0.15, 0.2) is 18.2 Å². The fourth-order valence-corrected chi connectivity index (χ4v) is 1.10. The van der Waals surface area contributed by atoms with Gasteiger partial charge in [-0.3, -0.25) is 10.2 Å². The van der Waals surface area contributed by atoms with Crippen LogP contribution in [0.3, 0.4) is 0 Å². The van der Waals surface area contributed by atoms with Crippen molar-refractivity contribution in [3.8, 4) is 11.8 Å². The van der Waals surface area contributed by atoms with Gasteiger partial charge in [0.05, 0.1) is 5.56 Å². The van der Waals surface area contributed by atoms with E-state index < -0.39 is 17.8 Å². The summed E-state index contributed by atoms with van der Waals surface area (Å²) >= 11 is 5.56. The second kappa shape index (κ2) is 4.95. The lowest BCUT2D eigenvalue weighted by Gasteiger charge is -2.16. The van der Waals surface area contributed by atoms with Crippen molar-refractivity contribution in [3.63, 3.8) is 0 Å². The summed E-state index contributed by atoms with van der Waals surface area (Å²) in [7, 11) is 0. The zero-order chi connectivity index (χ0) is 13.1. The summed E-state index contributed by atoms with van der Waals surface area (Å²) < 4.78 is 30.3. The molecule has 1 amide bonds. The summed E-state index contributed by atoms with van der Waals surface area (Å²) in [5.41, 5.74) is 1.07. The summed E-state index contributed by atoms with van der Waals surface area (Å²) in [5, 5.41) is 8.74. The highest BCUT2D eigenvalue weighted by atomic mass is 35.5. The molecule has 0 bridgehead atoms. The molecular formula is C9H6ClF2N3O2. The zero-order valence-electron chi connectivity index (χ0n) is 8.21. The standard InChI is InChI=1S/C9H6ClF2N3O2/c10-6-2-1-5(4-13)7(3-6)17-9(11,12)8(16)15-14/h1-3H,14H2,(H,15,16). The normalized spacial score (nSPS) is 10.5. The molecule has 5 nitrogen and oxygen atoms in total. The van der Waals surface area contributed by atoms with Crippen LogP contribution in [0.2, 0.25) is 5.02 Å². The van der Waals surface area contributed by atoms with Gasteiger partial charge in [0.1, 0.15) is 11.8 Å². The number of nitrogens with zero attached hydrogens (tertiary/aromatic N) is 1. The maximum atomic E-state index is 13.1. The lowest BCUT2D eigenvalue weighted by atomic mass is 10.2. The molecular weight excluding hydrogens is 256 g/mol. The predicted molar refractivity (Wildman–Crippen MR) is 54.1 cm³/mol. The molecule has 0 spiro atoms. The highest BCUT2D eigenvalue weighted by Crippen LogP contribution is 2.28. The number of carbonyl (C=O) groups excluding carboxylic acids is 1. The van der Waals surface area contributed by atoms with Gasteiger partial charge < -0.3 is 4.74 Å². The second-order valence-corrected chi connectivity index (χ2v) is 3.28. The second-order valence-electron chi connectivity index (χ2n) is 2.84. The summed E-state index contributed by atoms with van der Waals surface area (Å²) in [6, 6.07) is 5.14. The minimum Gasteiger partial charge on any atom is -0.424 e. The smallest absolute Gasteiger partial charge is 0.424 e. The van der Waals surface area contributed by atoms with Crippen molar-refractivity contribution < 1.29 is 18.3 Å². The highest BCUT2D eigenvalue weighted by molar-refractivity contribution is 6.30. The largest absolute Gasteiger partial charge is 0.483 e. The summed E-state index contributed by atoms with van der Waals surface area (Å²) in [4.78, 5) is 10.7. The predicted octanol–water partition coefficient (Wildman–Crippen LogP) is 1.17. The molecule has 0 atom stereocenters. The number of carbonyl (C=O) groups is 1. The van der Waals surface area contributed by atoms with Crippen LogP contribution in [-0.4, -0.2) is 12.0 Å². The Balaban J connectivity index is 3.07. The van der Waals surface area contributed by atoms with E-state index in [0.29, 0.717) is 0 Å². The van der Waals surface area contributed by atoms with Crippen molar-refractivity contribution in [2.24, 2.45) is 5.84 Å². The zero-order valence-corrected chi connectivity index (χ0v) is 8.96. The molecule has 0 saturated heterocycles. The quantitative estimate of drug-likeness (QED) is 0.486. The number of nitrogens with one attached hydrogen (secondary N) is 1. The SMILES string of the molecule is N#Cc1ccc(Cl)cc1OC(F)(F)C(=O)NN. The average molecular weight is 262 g/mol. The fourth-order valence-electron chi connectivity index (χ4n) is 0.941. The van der Waals surface area contributed by atoms with E-state index in [1.807, 2.05) is 0 Å². The van der Waals surface area contributed by atoms with Crippen molar-refractivity contribution >= 4 is 17.5 Å². The van der Waals surface area contributed by atoms with Crippen LogP contribution < -0.4 is 16.0 Å². The Hall–Kier alpha value is -1.91. The van der Waals surface area contributed by atoms with Crippen LogP contribution in [0.25, 0.3) is 0 Å². The van der Waals surface area contributed by atoms with Crippen molar-refractivity contribution in [2.75, 3.05) is 0 Å². The highest BCUT2D eigenvalue weighted by Gasteiger charge is 2.42. The van der Waals surface area contributed by atoms with Crippen LogP contribution in [0.4, 0.5) is 8.78 Å². The number of hydrazine groups is 1. The van der Waals surface area contributed by atoms with Crippen molar-refractivity contribution in [2.45, 2.75) is 6.11 Å². The first-order valence-corrected chi connectivity index (χ1v) is 4.56. The third-order valence-electron chi connectivity index (χ3n) is 1.70. The molecule has 8 heteroatoms. The molecule has 0 saturated carbocycles. The molecule has 0 fully saturated rings. The van der Waals surface area contributed by atoms with E-state index in [1.54, 1.807) is 6.07 Å². The van der Waals surface area contributed by atoms with E-state index in [2.05, 4.69) is 10.6 Å². The molecule has 0 radical (unpaired) electrons. The Morgan fingerprint density at radius 2 is 2.24 bits per heavy atom. The van der Waals surface area contributed by atoms with Crippen LogP contribution in [0.5, 0.6) is 5.75 Å². The van der Waals surface area contributed by atoms with Gasteiger partial charge in [-0.2, -0.15) is 14.0 Å². The number of amides is 1. The Morgan fingerprint density at radius 1 is 1.59 bits per heavy atom. The molecule has 0 unspecified atom stereocenters. The minimum atomic E-state index is -4.19. The van der Waals surface area contributed by atoms with Gasteiger partial charge in [-0.05, 0) is 12.1 Å². The summed E-state index contributed by atoms with van der Waals surface area (Å²) in [6.07, 6.45) is -4.19. The van der Waals surface area contributed by atoms with Gasteiger partial charge in [-0.1, -0.05) is 11.6 Å². The third-order valence-corrected chi connectivity index (χ3v) is 1.93. The lowest BCUT2D eigenvalue weighted by Crippen LogP contribution is -2.47. The lowest BCUT2D eigenvalue weighted by molar-refractivity contribution is -0.192. The van der Waals surface area contributed by atoms with E-state index in [9.17, 15) is 13.6 Å². The first-order valence-electron chi connectivity index (χ1n) is 4.18. The van der Waals surface area contributed by atoms with E-state index >= 15 is 0 Å². The Bertz CT molecular complexity index is 488. The summed E-state index contributed by atoms with van der Waals surface area (Å²) in [5.74, 6) is 2.22. The minimum absolute atomic E-state index is 0.0861. The van der Waals surface area contributed by atoms with Gasteiger partial charge in [0, 0.05) is 11.1 Å². The fraction of sp³-hybridized carbons (Fsp3) is 0.111. The van der Waals surface area contributed by atoms with Gasteiger partial charge in [0.15, 0.2) is 0 Å². The first-order chi connectivity index (χ1) is 7.90. The molecule has 1 aromatic rings. The van der Waals surface area contributed by atoms with Crippen molar-refractivity contribution in [1.82, 2.24) is 5.43 Å². The van der Waals surface area contributed by atoms with Gasteiger partial charge in [-0.25, -0.2) is 5.84 Å². The van der Waals surface area contributed by atoms with Crippen molar-refractivity contribution in [1.29, 1.82) is 5.26 Å². The van der Waals surface area contributed by atoms with Crippen LogP contribution in [-0.2, 0) is 4.79 Å². The van der Waals surface area contributed by atoms with Gasteiger partial charge in [-0.15, -0.1) is 0 Å². The molecule has 0 aliphatic carbocycles. The maximum absolute atomic E-state index is 13.1. The molecule has 1 rings (SSSR count). The van der Waals surface area contributed by atoms with E-state index in [0.717, 1.165) is 6.07 Å². The number of rotatable bonds is 3. The molecule has 90 valence electrons. The first kappa shape index (κ1) is 13.2. The van der Waals surface area contributed by atoms with E-state index in [1.165, 1.54) is 17.6 Å². The Labute approximate surface area is 99.7 Å². The number of hydrogen-bond donors (Lipinski definition) is 2. The van der Waals surface area contributed by atoms with Gasteiger partial charge >= 0.3 is 12.0 Å². The molecule has 0 aromatic heterocycles.